The molecule has 2 aromatic heterocycles. The van der Waals surface area contributed by atoms with Gasteiger partial charge in [-0.3, -0.25) is 4.79 Å². The SMILES string of the molecule is O=C(CCc1ncc(-c2ccccc2Cl)o1)NCc1ccc(-n2cccn2)cc1. The third kappa shape index (κ3) is 4.73. The molecule has 0 unspecified atom stereocenters. The van der Waals surface area contributed by atoms with Crippen LogP contribution in [0.5, 0.6) is 0 Å². The number of rotatable bonds is 7. The zero-order valence-electron chi connectivity index (χ0n) is 15.6. The summed E-state index contributed by atoms with van der Waals surface area (Å²) in [4.78, 5) is 16.4. The third-order valence-electron chi connectivity index (χ3n) is 4.45. The van der Waals surface area contributed by atoms with Gasteiger partial charge >= 0.3 is 0 Å². The minimum Gasteiger partial charge on any atom is -0.441 e. The van der Waals surface area contributed by atoms with Gasteiger partial charge in [0.25, 0.3) is 0 Å². The molecule has 4 rings (SSSR count). The molecule has 0 fully saturated rings. The topological polar surface area (TPSA) is 73.0 Å². The summed E-state index contributed by atoms with van der Waals surface area (Å²) in [6.07, 6.45) is 5.98. The molecule has 0 radical (unpaired) electrons. The molecule has 4 aromatic rings. The number of aryl methyl sites for hydroxylation is 1. The molecule has 1 amide bonds. The molecule has 0 bridgehead atoms. The Bertz CT molecular complexity index is 1090. The lowest BCUT2D eigenvalue weighted by atomic mass is 10.2. The van der Waals surface area contributed by atoms with Gasteiger partial charge < -0.3 is 9.73 Å². The number of aromatic nitrogens is 3. The van der Waals surface area contributed by atoms with Crippen molar-refractivity contribution in [3.63, 3.8) is 0 Å². The van der Waals surface area contributed by atoms with E-state index in [0.717, 1.165) is 16.8 Å². The lowest BCUT2D eigenvalue weighted by Crippen LogP contribution is -2.23. The number of amides is 1. The summed E-state index contributed by atoms with van der Waals surface area (Å²) < 4.78 is 7.52. The zero-order valence-corrected chi connectivity index (χ0v) is 16.3. The van der Waals surface area contributed by atoms with Gasteiger partial charge in [-0.2, -0.15) is 5.10 Å². The standard InChI is InChI=1S/C22H19ClN4O2/c23-19-5-2-1-4-18(19)20-15-25-22(29-20)11-10-21(28)24-14-16-6-8-17(9-7-16)27-13-3-12-26-27/h1-9,12-13,15H,10-11,14H2,(H,24,28). The van der Waals surface area contributed by atoms with Crippen LogP contribution in [0, 0.1) is 0 Å². The first-order chi connectivity index (χ1) is 14.2. The van der Waals surface area contributed by atoms with E-state index < -0.39 is 0 Å². The second-order valence-corrected chi connectivity index (χ2v) is 6.90. The molecule has 0 saturated heterocycles. The maximum Gasteiger partial charge on any atom is 0.220 e. The molecule has 7 heteroatoms. The van der Waals surface area contributed by atoms with Crippen molar-refractivity contribution in [3.05, 3.63) is 89.7 Å². The van der Waals surface area contributed by atoms with E-state index in [0.29, 0.717) is 36.1 Å². The smallest absolute Gasteiger partial charge is 0.220 e. The Balaban J connectivity index is 1.27. The van der Waals surface area contributed by atoms with Crippen LogP contribution in [0.25, 0.3) is 17.0 Å². The van der Waals surface area contributed by atoms with E-state index in [1.165, 1.54) is 0 Å². The van der Waals surface area contributed by atoms with Crippen molar-refractivity contribution in [1.82, 2.24) is 20.1 Å². The number of carbonyl (C=O) groups is 1. The van der Waals surface area contributed by atoms with Crippen LogP contribution in [0.1, 0.15) is 17.9 Å². The highest BCUT2D eigenvalue weighted by Crippen LogP contribution is 2.28. The van der Waals surface area contributed by atoms with E-state index >= 15 is 0 Å². The number of oxazole rings is 1. The lowest BCUT2D eigenvalue weighted by Gasteiger charge is -2.06. The van der Waals surface area contributed by atoms with Gasteiger partial charge in [-0.1, -0.05) is 35.9 Å². The summed E-state index contributed by atoms with van der Waals surface area (Å²) in [7, 11) is 0. The average molecular weight is 407 g/mol. The van der Waals surface area contributed by atoms with E-state index in [2.05, 4.69) is 15.4 Å². The number of halogens is 1. The first kappa shape index (κ1) is 19.0. The fourth-order valence-electron chi connectivity index (χ4n) is 2.91. The van der Waals surface area contributed by atoms with Crippen LogP contribution < -0.4 is 5.32 Å². The van der Waals surface area contributed by atoms with E-state index in [-0.39, 0.29) is 5.91 Å². The Kier molecular flexibility index (Phi) is 5.72. The molecule has 0 spiro atoms. The minimum atomic E-state index is -0.0568. The first-order valence-electron chi connectivity index (χ1n) is 9.24. The molecule has 0 saturated carbocycles. The number of hydrogen-bond donors (Lipinski definition) is 1. The Morgan fingerprint density at radius 3 is 2.69 bits per heavy atom. The fourth-order valence-corrected chi connectivity index (χ4v) is 3.14. The molecule has 0 aliphatic rings. The summed E-state index contributed by atoms with van der Waals surface area (Å²) in [5.74, 6) is 1.06. The highest BCUT2D eigenvalue weighted by atomic mass is 35.5. The number of nitrogens with zero attached hydrogens (tertiary/aromatic N) is 3. The van der Waals surface area contributed by atoms with Gasteiger partial charge in [0.1, 0.15) is 0 Å². The predicted molar refractivity (Wildman–Crippen MR) is 111 cm³/mol. The minimum absolute atomic E-state index is 0.0568. The summed E-state index contributed by atoms with van der Waals surface area (Å²) in [6, 6.07) is 17.2. The van der Waals surface area contributed by atoms with Crippen LogP contribution in [0.3, 0.4) is 0 Å². The second kappa shape index (κ2) is 8.75. The van der Waals surface area contributed by atoms with Gasteiger partial charge in [-0.05, 0) is 35.9 Å². The van der Waals surface area contributed by atoms with Crippen molar-refractivity contribution < 1.29 is 9.21 Å². The normalized spacial score (nSPS) is 10.8. The van der Waals surface area contributed by atoms with Gasteiger partial charge in [0.15, 0.2) is 11.7 Å². The molecular weight excluding hydrogens is 388 g/mol. The predicted octanol–water partition coefficient (Wildman–Crippen LogP) is 4.43. The Morgan fingerprint density at radius 1 is 1.10 bits per heavy atom. The molecule has 2 aromatic carbocycles. The zero-order chi connectivity index (χ0) is 20.1. The van der Waals surface area contributed by atoms with Gasteiger partial charge in [-0.25, -0.2) is 9.67 Å². The van der Waals surface area contributed by atoms with E-state index in [9.17, 15) is 4.79 Å². The Hall–Kier alpha value is -3.38. The number of benzene rings is 2. The van der Waals surface area contributed by atoms with Crippen molar-refractivity contribution in [2.24, 2.45) is 0 Å². The van der Waals surface area contributed by atoms with Gasteiger partial charge in [-0.15, -0.1) is 0 Å². The summed E-state index contributed by atoms with van der Waals surface area (Å²) in [6.45, 7) is 0.467. The van der Waals surface area contributed by atoms with Gasteiger partial charge in [0.2, 0.25) is 5.91 Å². The largest absolute Gasteiger partial charge is 0.441 e. The van der Waals surface area contributed by atoms with E-state index in [4.69, 9.17) is 16.0 Å². The van der Waals surface area contributed by atoms with Gasteiger partial charge in [0, 0.05) is 37.3 Å². The quantitative estimate of drug-likeness (QED) is 0.492. The van der Waals surface area contributed by atoms with Crippen LogP contribution in [0.2, 0.25) is 5.02 Å². The second-order valence-electron chi connectivity index (χ2n) is 6.49. The van der Waals surface area contributed by atoms with Crippen LogP contribution in [0.4, 0.5) is 0 Å². The van der Waals surface area contributed by atoms with Crippen molar-refractivity contribution in [2.75, 3.05) is 0 Å². The molecule has 0 atom stereocenters. The van der Waals surface area contributed by atoms with Crippen LogP contribution >= 0.6 is 11.6 Å². The highest BCUT2D eigenvalue weighted by Gasteiger charge is 2.11. The van der Waals surface area contributed by atoms with E-state index in [1.807, 2.05) is 54.7 Å². The molecule has 0 aliphatic carbocycles. The Morgan fingerprint density at radius 2 is 1.93 bits per heavy atom. The van der Waals surface area contributed by atoms with E-state index in [1.54, 1.807) is 23.1 Å². The van der Waals surface area contributed by atoms with Crippen molar-refractivity contribution in [1.29, 1.82) is 0 Å². The number of hydrogen-bond acceptors (Lipinski definition) is 4. The highest BCUT2D eigenvalue weighted by molar-refractivity contribution is 6.33. The molecule has 1 N–H and O–H groups in total. The maximum absolute atomic E-state index is 12.2. The first-order valence-corrected chi connectivity index (χ1v) is 9.62. The molecule has 6 nitrogen and oxygen atoms in total. The van der Waals surface area contributed by atoms with Crippen molar-refractivity contribution in [3.8, 4) is 17.0 Å². The fraction of sp³-hybridized carbons (Fsp3) is 0.136. The third-order valence-corrected chi connectivity index (χ3v) is 4.78. The molecule has 2 heterocycles. The van der Waals surface area contributed by atoms with Gasteiger partial charge in [0.05, 0.1) is 16.9 Å². The Labute approximate surface area is 173 Å². The summed E-state index contributed by atoms with van der Waals surface area (Å²) >= 11 is 6.18. The maximum atomic E-state index is 12.2. The lowest BCUT2D eigenvalue weighted by molar-refractivity contribution is -0.121. The van der Waals surface area contributed by atoms with Crippen molar-refractivity contribution in [2.45, 2.75) is 19.4 Å². The van der Waals surface area contributed by atoms with Crippen LogP contribution in [0.15, 0.2) is 77.6 Å². The summed E-state index contributed by atoms with van der Waals surface area (Å²) in [5, 5.41) is 7.72. The average Bonchev–Trinajstić information content (AvgIpc) is 3.44. The molecule has 0 aliphatic heterocycles. The van der Waals surface area contributed by atoms with Crippen molar-refractivity contribution >= 4 is 17.5 Å². The summed E-state index contributed by atoms with van der Waals surface area (Å²) in [5.41, 5.74) is 2.78. The number of nitrogens with one attached hydrogen (secondary N) is 1. The van der Waals surface area contributed by atoms with Crippen LogP contribution in [-0.4, -0.2) is 20.7 Å². The molecular formula is C22H19ClN4O2. The number of carbonyl (C=O) groups excluding carboxylic acids is 1. The molecule has 29 heavy (non-hydrogen) atoms. The van der Waals surface area contributed by atoms with Crippen LogP contribution in [-0.2, 0) is 17.8 Å². The monoisotopic (exact) mass is 406 g/mol. The molecule has 146 valence electrons.